The normalized spacial score (nSPS) is 7.56. The number of rotatable bonds is 3. The van der Waals surface area contributed by atoms with Crippen LogP contribution < -0.4 is 29.7 Å². The van der Waals surface area contributed by atoms with E-state index in [9.17, 15) is 0 Å². The first-order valence-electron chi connectivity index (χ1n) is 4.52. The Balaban J connectivity index is -0.000000563. The average Bonchev–Trinajstić information content (AvgIpc) is 2.21. The Hall–Kier alpha value is -0.357. The van der Waals surface area contributed by atoms with Crippen LogP contribution in [0, 0.1) is 5.39 Å². The van der Waals surface area contributed by atoms with Crippen LogP contribution in [0.2, 0.25) is 0 Å². The van der Waals surface area contributed by atoms with E-state index in [0.29, 0.717) is 5.69 Å². The number of nitrogens with zero attached hydrogens (tertiary/aromatic N) is 3. The zero-order chi connectivity index (χ0) is 9.68. The fraction of sp³-hybridized carbons (Fsp3) is 0.400. The average molecular weight is 313 g/mol. The molecule has 0 spiro atoms. The summed E-state index contributed by atoms with van der Waals surface area (Å²) in [5.41, 5.74) is 1.76. The molecule has 0 saturated carbocycles. The molecule has 1 aromatic rings. The van der Waals surface area contributed by atoms with Crippen LogP contribution in [0.4, 0.5) is 11.4 Å². The van der Waals surface area contributed by atoms with Gasteiger partial charge in [-0.25, -0.2) is 0 Å². The van der Waals surface area contributed by atoms with Crippen molar-refractivity contribution in [3.8, 4) is 0 Å². The van der Waals surface area contributed by atoms with Gasteiger partial charge in [-0.3, -0.25) is 0 Å². The number of anilines is 1. The minimum atomic E-state index is 0. The van der Waals surface area contributed by atoms with E-state index < -0.39 is 0 Å². The molecule has 0 aliphatic heterocycles. The molecule has 0 unspecified atom stereocenters. The SMILES string of the molecule is CCN(CC)c1ccc([N+]#N)cc1.[Cl-].[Cl-].[Zn]. The van der Waals surface area contributed by atoms with Crippen LogP contribution in [0.3, 0.4) is 0 Å². The summed E-state index contributed by atoms with van der Waals surface area (Å²) in [4.78, 5) is 5.34. The van der Waals surface area contributed by atoms with E-state index in [1.807, 2.05) is 12.1 Å². The van der Waals surface area contributed by atoms with Crippen LogP contribution in [0.15, 0.2) is 24.3 Å². The molecule has 6 heteroatoms. The molecule has 86 valence electrons. The standard InChI is InChI=1S/C10H14N3.2ClH.Zn/c1-3-13(4-2)10-7-5-9(12-11)6-8-10;;;/h5-8H,3-4H2,1-2H3;2*1H;/q+1;;;/p-2. The minimum absolute atomic E-state index is 0. The van der Waals surface area contributed by atoms with Gasteiger partial charge in [0.25, 0.3) is 0 Å². The molecular weight excluding hydrogens is 298 g/mol. The van der Waals surface area contributed by atoms with Crippen molar-refractivity contribution in [1.82, 2.24) is 0 Å². The number of hydrogen-bond acceptors (Lipinski definition) is 2. The van der Waals surface area contributed by atoms with Crippen molar-refractivity contribution in [2.24, 2.45) is 0 Å². The summed E-state index contributed by atoms with van der Waals surface area (Å²) in [6.45, 7) is 6.22. The second-order valence-corrected chi connectivity index (χ2v) is 2.79. The number of diazo groups is 1. The Bertz CT molecular complexity index is 307. The maximum absolute atomic E-state index is 8.49. The van der Waals surface area contributed by atoms with Crippen molar-refractivity contribution in [1.29, 1.82) is 5.39 Å². The molecule has 0 saturated heterocycles. The Kier molecular flexibility index (Phi) is 14.6. The van der Waals surface area contributed by atoms with Gasteiger partial charge in [0, 0.05) is 50.4 Å². The Labute approximate surface area is 122 Å². The van der Waals surface area contributed by atoms with Gasteiger partial charge in [-0.05, 0) is 26.0 Å². The van der Waals surface area contributed by atoms with Crippen molar-refractivity contribution in [3.05, 3.63) is 29.2 Å². The van der Waals surface area contributed by atoms with Gasteiger partial charge in [-0.2, -0.15) is 0 Å². The second-order valence-electron chi connectivity index (χ2n) is 2.79. The summed E-state index contributed by atoms with van der Waals surface area (Å²) in [5.74, 6) is 0. The molecule has 0 N–H and O–H groups in total. The first-order chi connectivity index (χ1) is 6.31. The minimum Gasteiger partial charge on any atom is -1.00 e. The molecule has 0 aromatic heterocycles. The Morgan fingerprint density at radius 3 is 1.81 bits per heavy atom. The molecule has 1 rings (SSSR count). The summed E-state index contributed by atoms with van der Waals surface area (Å²) < 4.78 is 0. The van der Waals surface area contributed by atoms with Gasteiger partial charge in [-0.15, -0.1) is 0 Å². The molecule has 0 aliphatic carbocycles. The van der Waals surface area contributed by atoms with Crippen molar-refractivity contribution in [2.45, 2.75) is 13.8 Å². The van der Waals surface area contributed by atoms with Gasteiger partial charge in [-0.1, -0.05) is 0 Å². The fourth-order valence-corrected chi connectivity index (χ4v) is 1.32. The quantitative estimate of drug-likeness (QED) is 0.441. The van der Waals surface area contributed by atoms with Crippen LogP contribution >= 0.6 is 0 Å². The summed E-state index contributed by atoms with van der Waals surface area (Å²) in [6.07, 6.45) is 0. The molecule has 0 aliphatic rings. The Morgan fingerprint density at radius 2 is 1.50 bits per heavy atom. The van der Waals surface area contributed by atoms with E-state index in [-0.39, 0.29) is 44.3 Å². The van der Waals surface area contributed by atoms with Gasteiger partial charge in [0.1, 0.15) is 0 Å². The summed E-state index contributed by atoms with van der Waals surface area (Å²) in [5, 5.41) is 8.49. The monoisotopic (exact) mass is 310 g/mol. The van der Waals surface area contributed by atoms with Crippen molar-refractivity contribution < 1.29 is 44.3 Å². The van der Waals surface area contributed by atoms with Gasteiger partial charge >= 0.3 is 5.69 Å². The third-order valence-corrected chi connectivity index (χ3v) is 2.09. The van der Waals surface area contributed by atoms with Crippen LogP contribution in [0.1, 0.15) is 13.8 Å². The van der Waals surface area contributed by atoms with E-state index >= 15 is 0 Å². The van der Waals surface area contributed by atoms with Gasteiger partial charge in [0.05, 0.1) is 0 Å². The molecule has 0 radical (unpaired) electrons. The van der Waals surface area contributed by atoms with E-state index in [1.54, 1.807) is 12.1 Å². The van der Waals surface area contributed by atoms with Crippen LogP contribution in [0.5, 0.6) is 0 Å². The smallest absolute Gasteiger partial charge is 0.385 e. The molecule has 1 aromatic carbocycles. The van der Waals surface area contributed by atoms with E-state index in [0.717, 1.165) is 18.8 Å². The second kappa shape index (κ2) is 11.1. The largest absolute Gasteiger partial charge is 1.00 e. The van der Waals surface area contributed by atoms with Gasteiger partial charge in [0.2, 0.25) is 5.39 Å². The predicted octanol–water partition coefficient (Wildman–Crippen LogP) is -2.98. The zero-order valence-corrected chi connectivity index (χ0v) is 14.0. The third kappa shape index (κ3) is 5.65. The van der Waals surface area contributed by atoms with E-state index in [1.165, 1.54) is 0 Å². The zero-order valence-electron chi connectivity index (χ0n) is 9.53. The van der Waals surface area contributed by atoms with Crippen molar-refractivity contribution in [3.63, 3.8) is 0 Å². The Morgan fingerprint density at radius 1 is 1.06 bits per heavy atom. The maximum Gasteiger partial charge on any atom is 0.385 e. The molecular formula is C10H14Cl2N3Zn-. The van der Waals surface area contributed by atoms with Gasteiger partial charge in [0.15, 0.2) is 4.98 Å². The van der Waals surface area contributed by atoms with E-state index in [2.05, 4.69) is 23.7 Å². The number of hydrogen-bond donors (Lipinski definition) is 0. The molecule has 0 heterocycles. The van der Waals surface area contributed by atoms with Crippen LogP contribution in [-0.2, 0) is 19.5 Å². The third-order valence-electron chi connectivity index (χ3n) is 2.09. The van der Waals surface area contributed by atoms with Gasteiger partial charge < -0.3 is 29.7 Å². The first-order valence-corrected chi connectivity index (χ1v) is 4.52. The maximum atomic E-state index is 8.49. The molecule has 16 heavy (non-hydrogen) atoms. The predicted molar refractivity (Wildman–Crippen MR) is 54.7 cm³/mol. The first kappa shape index (κ1) is 21.0. The summed E-state index contributed by atoms with van der Waals surface area (Å²) in [7, 11) is 0. The van der Waals surface area contributed by atoms with Crippen LogP contribution in [-0.4, -0.2) is 13.1 Å². The molecule has 0 amide bonds. The number of halogens is 2. The van der Waals surface area contributed by atoms with Crippen LogP contribution in [0.25, 0.3) is 4.98 Å². The number of benzene rings is 1. The topological polar surface area (TPSA) is 31.4 Å². The van der Waals surface area contributed by atoms with E-state index in [4.69, 9.17) is 5.39 Å². The molecule has 0 atom stereocenters. The summed E-state index contributed by atoms with van der Waals surface area (Å²) in [6, 6.07) is 7.52. The molecule has 0 fully saturated rings. The summed E-state index contributed by atoms with van der Waals surface area (Å²) >= 11 is 0. The van der Waals surface area contributed by atoms with Crippen molar-refractivity contribution >= 4 is 11.4 Å². The molecule has 3 nitrogen and oxygen atoms in total. The fourth-order valence-electron chi connectivity index (χ4n) is 1.32. The molecule has 0 bridgehead atoms. The van der Waals surface area contributed by atoms with Crippen molar-refractivity contribution in [2.75, 3.05) is 18.0 Å².